The number of nitrogens with one attached hydrogen (secondary N) is 3. The van der Waals surface area contributed by atoms with Gasteiger partial charge in [0.05, 0.1) is 0 Å². The van der Waals surface area contributed by atoms with Gasteiger partial charge in [0.2, 0.25) is 10.0 Å². The van der Waals surface area contributed by atoms with Crippen LogP contribution in [0.1, 0.15) is 44.7 Å². The predicted octanol–water partition coefficient (Wildman–Crippen LogP) is 2.62. The van der Waals surface area contributed by atoms with Gasteiger partial charge >= 0.3 is 6.09 Å². The van der Waals surface area contributed by atoms with Gasteiger partial charge < -0.3 is 15.4 Å². The lowest BCUT2D eigenvalue weighted by atomic mass is 10.0. The highest BCUT2D eigenvalue weighted by Gasteiger charge is 2.30. The van der Waals surface area contributed by atoms with Crippen LogP contribution in [0.25, 0.3) is 0 Å². The van der Waals surface area contributed by atoms with Gasteiger partial charge in [0.1, 0.15) is 16.8 Å². The average Bonchev–Trinajstić information content (AvgIpc) is 3.22. The summed E-state index contributed by atoms with van der Waals surface area (Å²) in [5, 5.41) is 17.7. The summed E-state index contributed by atoms with van der Waals surface area (Å²) in [5.74, 6) is 1.03. The molecule has 10 nitrogen and oxygen atoms in total. The fourth-order valence-electron chi connectivity index (χ4n) is 3.20. The van der Waals surface area contributed by atoms with Crippen molar-refractivity contribution in [3.63, 3.8) is 0 Å². The minimum absolute atomic E-state index is 0.0297. The molecule has 3 rings (SSSR count). The third-order valence-corrected chi connectivity index (χ3v) is 5.82. The molecule has 2 aromatic rings. The minimum atomic E-state index is -3.94. The highest BCUT2D eigenvalue weighted by atomic mass is 35.5. The molecule has 0 saturated heterocycles. The Morgan fingerprint density at radius 1 is 1.34 bits per heavy atom. The standard InChI is InChI=1S/C17H23ClN6O4S/c1-9(2)20-17(25)28-11-4-3-10(7-11)12-8-15(24-23-12)21-14-6-5-13(16(18)22-14)29(19,26)27/h5-6,8-11H,3-4,7H2,1-2H3,(H,20,25)(H2,19,26,27)(H2,21,22,23,24). The van der Waals surface area contributed by atoms with Crippen molar-refractivity contribution >= 4 is 39.4 Å². The zero-order valence-corrected chi connectivity index (χ0v) is 17.5. The van der Waals surface area contributed by atoms with Crippen LogP contribution in [0, 0.1) is 0 Å². The van der Waals surface area contributed by atoms with Crippen molar-refractivity contribution in [2.75, 3.05) is 5.32 Å². The van der Waals surface area contributed by atoms with E-state index in [1.165, 1.54) is 12.1 Å². The molecule has 1 fully saturated rings. The number of carbonyl (C=O) groups excluding carboxylic acids is 1. The van der Waals surface area contributed by atoms with Crippen LogP contribution in [0.3, 0.4) is 0 Å². The van der Waals surface area contributed by atoms with Gasteiger partial charge in [-0.3, -0.25) is 5.10 Å². The SMILES string of the molecule is CC(C)NC(=O)OC1CCC(c2cc(Nc3ccc(S(N)(=O)=O)c(Cl)n3)n[nH]2)C1. The molecule has 5 N–H and O–H groups in total. The number of carbonyl (C=O) groups is 1. The summed E-state index contributed by atoms with van der Waals surface area (Å²) < 4.78 is 28.2. The lowest BCUT2D eigenvalue weighted by Gasteiger charge is -2.14. The first kappa shape index (κ1) is 21.3. The highest BCUT2D eigenvalue weighted by molar-refractivity contribution is 7.89. The van der Waals surface area contributed by atoms with Crippen LogP contribution in [-0.4, -0.2) is 41.8 Å². The van der Waals surface area contributed by atoms with E-state index in [9.17, 15) is 13.2 Å². The number of hydrogen-bond donors (Lipinski definition) is 4. The second-order valence-electron chi connectivity index (χ2n) is 7.20. The normalized spacial score (nSPS) is 19.3. The first-order chi connectivity index (χ1) is 13.6. The topological polar surface area (TPSA) is 152 Å². The van der Waals surface area contributed by atoms with E-state index >= 15 is 0 Å². The van der Waals surface area contributed by atoms with Crippen molar-refractivity contribution in [2.45, 2.75) is 56.1 Å². The number of pyridine rings is 1. The third-order valence-electron chi connectivity index (χ3n) is 4.48. The summed E-state index contributed by atoms with van der Waals surface area (Å²) in [7, 11) is -3.94. The first-order valence-electron chi connectivity index (χ1n) is 9.10. The lowest BCUT2D eigenvalue weighted by Crippen LogP contribution is -2.33. The number of aromatic amines is 1. The van der Waals surface area contributed by atoms with Crippen LogP contribution in [0.2, 0.25) is 5.15 Å². The molecular weight excluding hydrogens is 420 g/mol. The molecule has 1 saturated carbocycles. The first-order valence-corrected chi connectivity index (χ1v) is 11.0. The largest absolute Gasteiger partial charge is 0.446 e. The van der Waals surface area contributed by atoms with Gasteiger partial charge in [0.25, 0.3) is 0 Å². The van der Waals surface area contributed by atoms with E-state index in [4.69, 9.17) is 21.5 Å². The number of nitrogens with zero attached hydrogens (tertiary/aromatic N) is 2. The van der Waals surface area contributed by atoms with Crippen molar-refractivity contribution in [3.8, 4) is 0 Å². The summed E-state index contributed by atoms with van der Waals surface area (Å²) in [6, 6.07) is 4.60. The molecule has 1 aliphatic carbocycles. The lowest BCUT2D eigenvalue weighted by molar-refractivity contribution is 0.0981. The Labute approximate surface area is 173 Å². The van der Waals surface area contributed by atoms with Crippen molar-refractivity contribution in [1.29, 1.82) is 0 Å². The van der Waals surface area contributed by atoms with Crippen LogP contribution in [0.4, 0.5) is 16.4 Å². The second-order valence-corrected chi connectivity index (χ2v) is 9.09. The van der Waals surface area contributed by atoms with Gasteiger partial charge in [-0.25, -0.2) is 23.3 Å². The number of rotatable bonds is 6. The Hall–Kier alpha value is -2.37. The van der Waals surface area contributed by atoms with E-state index in [0.29, 0.717) is 18.1 Å². The molecule has 0 bridgehead atoms. The van der Waals surface area contributed by atoms with E-state index in [1.54, 1.807) is 0 Å². The summed E-state index contributed by atoms with van der Waals surface area (Å²) >= 11 is 5.89. The Morgan fingerprint density at radius 3 is 2.76 bits per heavy atom. The van der Waals surface area contributed by atoms with Gasteiger partial charge in [0.15, 0.2) is 11.0 Å². The number of hydrogen-bond acceptors (Lipinski definition) is 7. The molecule has 29 heavy (non-hydrogen) atoms. The summed E-state index contributed by atoms with van der Waals surface area (Å²) in [5.41, 5.74) is 0.912. The molecule has 2 unspecified atom stereocenters. The number of halogens is 1. The van der Waals surface area contributed by atoms with Crippen LogP contribution in [0.15, 0.2) is 23.1 Å². The van der Waals surface area contributed by atoms with Gasteiger partial charge in [-0.2, -0.15) is 5.10 Å². The van der Waals surface area contributed by atoms with Gasteiger partial charge in [0, 0.05) is 23.7 Å². The van der Waals surface area contributed by atoms with Gasteiger partial charge in [-0.15, -0.1) is 0 Å². The van der Waals surface area contributed by atoms with Crippen LogP contribution < -0.4 is 15.8 Å². The number of primary sulfonamides is 1. The van der Waals surface area contributed by atoms with Crippen molar-refractivity contribution in [1.82, 2.24) is 20.5 Å². The summed E-state index contributed by atoms with van der Waals surface area (Å²) in [6.07, 6.45) is 1.83. The molecule has 1 aliphatic rings. The van der Waals surface area contributed by atoms with Crippen molar-refractivity contribution in [3.05, 3.63) is 29.0 Å². The van der Waals surface area contributed by atoms with E-state index in [1.807, 2.05) is 19.9 Å². The van der Waals surface area contributed by atoms with Crippen LogP contribution in [-0.2, 0) is 14.8 Å². The average molecular weight is 443 g/mol. The van der Waals surface area contributed by atoms with Crippen molar-refractivity contribution < 1.29 is 17.9 Å². The number of H-pyrrole nitrogens is 1. The molecule has 2 atom stereocenters. The summed E-state index contributed by atoms with van der Waals surface area (Å²) in [4.78, 5) is 15.5. The number of sulfonamides is 1. The molecule has 1 amide bonds. The molecule has 0 aromatic carbocycles. The minimum Gasteiger partial charge on any atom is -0.446 e. The molecule has 2 aromatic heterocycles. The number of nitrogens with two attached hydrogens (primary N) is 1. The smallest absolute Gasteiger partial charge is 0.407 e. The Balaban J connectivity index is 1.60. The van der Waals surface area contributed by atoms with E-state index in [0.717, 1.165) is 18.5 Å². The number of amides is 1. The van der Waals surface area contributed by atoms with Crippen LogP contribution in [0.5, 0.6) is 0 Å². The van der Waals surface area contributed by atoms with Gasteiger partial charge in [-0.05, 0) is 45.2 Å². The Bertz CT molecular complexity index is 994. The van der Waals surface area contributed by atoms with Crippen LogP contribution >= 0.6 is 11.6 Å². The fraction of sp³-hybridized carbons (Fsp3) is 0.471. The zero-order valence-electron chi connectivity index (χ0n) is 16.0. The Kier molecular flexibility index (Phi) is 6.30. The number of ether oxygens (including phenoxy) is 1. The maximum Gasteiger partial charge on any atom is 0.407 e. The van der Waals surface area contributed by atoms with E-state index in [2.05, 4.69) is 25.8 Å². The highest BCUT2D eigenvalue weighted by Crippen LogP contribution is 2.36. The second kappa shape index (κ2) is 8.56. The molecular formula is C17H23ClN6O4S. The van der Waals surface area contributed by atoms with Gasteiger partial charge in [-0.1, -0.05) is 11.6 Å². The number of aromatic nitrogens is 3. The third kappa shape index (κ3) is 5.58. The maximum atomic E-state index is 11.7. The monoisotopic (exact) mass is 442 g/mol. The number of alkyl carbamates (subject to hydrolysis) is 1. The summed E-state index contributed by atoms with van der Waals surface area (Å²) in [6.45, 7) is 3.75. The predicted molar refractivity (Wildman–Crippen MR) is 108 cm³/mol. The van der Waals surface area contributed by atoms with E-state index < -0.39 is 16.1 Å². The fourth-order valence-corrected chi connectivity index (χ4v) is 4.21. The number of anilines is 2. The molecule has 158 valence electrons. The molecule has 12 heteroatoms. The molecule has 2 heterocycles. The molecule has 0 aliphatic heterocycles. The molecule has 0 spiro atoms. The van der Waals surface area contributed by atoms with E-state index in [-0.39, 0.29) is 28.1 Å². The van der Waals surface area contributed by atoms with Crippen molar-refractivity contribution in [2.24, 2.45) is 5.14 Å². The zero-order chi connectivity index (χ0) is 21.2. The Morgan fingerprint density at radius 2 is 2.10 bits per heavy atom. The quantitative estimate of drug-likeness (QED) is 0.501. The maximum absolute atomic E-state index is 11.7. The molecule has 0 radical (unpaired) electrons.